The van der Waals surface area contributed by atoms with Gasteiger partial charge in [0.2, 0.25) is 0 Å². The van der Waals surface area contributed by atoms with Crippen molar-refractivity contribution in [2.45, 2.75) is 12.5 Å². The monoisotopic (exact) mass is 175 g/mol. The van der Waals surface area contributed by atoms with E-state index in [0.717, 1.165) is 11.1 Å². The summed E-state index contributed by atoms with van der Waals surface area (Å²) in [5.74, 6) is 2.52. The summed E-state index contributed by atoms with van der Waals surface area (Å²) in [4.78, 5) is 0. The third kappa shape index (κ3) is 2.59. The molecule has 2 heteroatoms. The maximum atomic E-state index is 9.59. The minimum absolute atomic E-state index is 0.474. The van der Waals surface area contributed by atoms with Crippen LogP contribution in [0, 0.1) is 12.3 Å². The zero-order chi connectivity index (χ0) is 9.68. The Morgan fingerprint density at radius 2 is 2.31 bits per heavy atom. The van der Waals surface area contributed by atoms with Crippen LogP contribution in [-0.4, -0.2) is 11.7 Å². The van der Waals surface area contributed by atoms with Gasteiger partial charge in [-0.2, -0.15) is 0 Å². The summed E-state index contributed by atoms with van der Waals surface area (Å²) >= 11 is 0. The van der Waals surface area contributed by atoms with E-state index in [9.17, 15) is 5.11 Å². The Morgan fingerprint density at radius 1 is 1.54 bits per heavy atom. The van der Waals surface area contributed by atoms with Gasteiger partial charge in [-0.25, -0.2) is 0 Å². The molecule has 0 heterocycles. The van der Waals surface area contributed by atoms with Gasteiger partial charge in [-0.3, -0.25) is 0 Å². The predicted molar refractivity (Wildman–Crippen MR) is 53.0 cm³/mol. The molecule has 2 nitrogen and oxygen atoms in total. The molecule has 0 radical (unpaired) electrons. The normalized spacial score (nSPS) is 12.1. The van der Waals surface area contributed by atoms with E-state index in [0.29, 0.717) is 13.0 Å². The smallest absolute Gasteiger partial charge is 0.0802 e. The van der Waals surface area contributed by atoms with E-state index in [4.69, 9.17) is 12.2 Å². The molecule has 1 aromatic rings. The van der Waals surface area contributed by atoms with E-state index in [1.54, 1.807) is 6.07 Å². The zero-order valence-corrected chi connectivity index (χ0v) is 7.40. The molecule has 1 unspecified atom stereocenters. The summed E-state index contributed by atoms with van der Waals surface area (Å²) in [6, 6.07) is 7.32. The predicted octanol–water partition coefficient (Wildman–Crippen LogP) is 1.05. The summed E-state index contributed by atoms with van der Waals surface area (Å²) in [5.41, 5.74) is 6.96. The molecule has 0 fully saturated rings. The van der Waals surface area contributed by atoms with Crippen LogP contribution in [0.5, 0.6) is 0 Å². The number of benzene rings is 1. The quantitative estimate of drug-likeness (QED) is 0.674. The Hall–Kier alpha value is -1.30. The van der Waals surface area contributed by atoms with Gasteiger partial charge in [-0.15, -0.1) is 6.42 Å². The molecular formula is C11H13NO. The molecule has 0 aliphatic heterocycles. The van der Waals surface area contributed by atoms with Gasteiger partial charge >= 0.3 is 0 Å². The Bertz CT molecular complexity index is 314. The average molecular weight is 175 g/mol. The lowest BCUT2D eigenvalue weighted by Gasteiger charge is -2.09. The van der Waals surface area contributed by atoms with E-state index < -0.39 is 6.10 Å². The molecule has 0 saturated heterocycles. The number of hydrogen-bond acceptors (Lipinski definition) is 2. The molecule has 0 aliphatic rings. The highest BCUT2D eigenvalue weighted by Crippen LogP contribution is 2.16. The van der Waals surface area contributed by atoms with Crippen molar-refractivity contribution < 1.29 is 5.11 Å². The van der Waals surface area contributed by atoms with Gasteiger partial charge in [0.25, 0.3) is 0 Å². The van der Waals surface area contributed by atoms with E-state index in [1.807, 2.05) is 18.2 Å². The number of terminal acetylenes is 1. The van der Waals surface area contributed by atoms with Crippen LogP contribution in [0.2, 0.25) is 0 Å². The van der Waals surface area contributed by atoms with Gasteiger partial charge in [0.05, 0.1) is 6.10 Å². The van der Waals surface area contributed by atoms with Crippen molar-refractivity contribution in [2.75, 3.05) is 6.54 Å². The first-order valence-electron chi connectivity index (χ1n) is 4.22. The molecule has 13 heavy (non-hydrogen) atoms. The summed E-state index contributed by atoms with van der Waals surface area (Å²) in [6.07, 6.45) is 5.30. The first-order valence-corrected chi connectivity index (χ1v) is 4.22. The van der Waals surface area contributed by atoms with E-state index in [-0.39, 0.29) is 0 Å². The molecule has 0 aliphatic carbocycles. The number of rotatable bonds is 3. The van der Waals surface area contributed by atoms with Gasteiger partial charge in [0.1, 0.15) is 0 Å². The van der Waals surface area contributed by atoms with Crippen molar-refractivity contribution in [3.63, 3.8) is 0 Å². The highest BCUT2D eigenvalue weighted by molar-refractivity contribution is 5.36. The van der Waals surface area contributed by atoms with E-state index in [1.165, 1.54) is 0 Å². The molecule has 0 bridgehead atoms. The number of hydrogen-bond donors (Lipinski definition) is 2. The molecule has 1 aromatic carbocycles. The van der Waals surface area contributed by atoms with E-state index >= 15 is 0 Å². The minimum Gasteiger partial charge on any atom is -0.388 e. The van der Waals surface area contributed by atoms with Crippen molar-refractivity contribution >= 4 is 0 Å². The Labute approximate surface area is 78.4 Å². The SMILES string of the molecule is C#Cc1cccc(C(O)CCN)c1. The second kappa shape index (κ2) is 4.66. The van der Waals surface area contributed by atoms with Gasteiger partial charge < -0.3 is 10.8 Å². The number of nitrogens with two attached hydrogens (primary N) is 1. The second-order valence-corrected chi connectivity index (χ2v) is 2.86. The Kier molecular flexibility index (Phi) is 3.51. The molecule has 0 amide bonds. The van der Waals surface area contributed by atoms with E-state index in [2.05, 4.69) is 5.92 Å². The largest absolute Gasteiger partial charge is 0.388 e. The number of aliphatic hydroxyl groups excluding tert-OH is 1. The van der Waals surface area contributed by atoms with Gasteiger partial charge in [0.15, 0.2) is 0 Å². The van der Waals surface area contributed by atoms with Gasteiger partial charge in [-0.1, -0.05) is 18.1 Å². The maximum absolute atomic E-state index is 9.59. The third-order valence-electron chi connectivity index (χ3n) is 1.88. The Balaban J connectivity index is 2.83. The van der Waals surface area contributed by atoms with Crippen molar-refractivity contribution in [1.29, 1.82) is 0 Å². The van der Waals surface area contributed by atoms with Crippen molar-refractivity contribution in [2.24, 2.45) is 5.73 Å². The Morgan fingerprint density at radius 3 is 2.92 bits per heavy atom. The van der Waals surface area contributed by atoms with Crippen LogP contribution >= 0.6 is 0 Å². The summed E-state index contributed by atoms with van der Waals surface area (Å²) in [7, 11) is 0. The molecule has 0 aromatic heterocycles. The number of aliphatic hydroxyl groups is 1. The van der Waals surface area contributed by atoms with Crippen LogP contribution in [0.4, 0.5) is 0 Å². The van der Waals surface area contributed by atoms with Crippen LogP contribution in [0.15, 0.2) is 24.3 Å². The molecule has 68 valence electrons. The minimum atomic E-state index is -0.502. The lowest BCUT2D eigenvalue weighted by Crippen LogP contribution is -2.06. The van der Waals surface area contributed by atoms with Crippen LogP contribution in [0.25, 0.3) is 0 Å². The fourth-order valence-corrected chi connectivity index (χ4v) is 1.16. The lowest BCUT2D eigenvalue weighted by atomic mass is 10.0. The van der Waals surface area contributed by atoms with Gasteiger partial charge in [-0.05, 0) is 30.7 Å². The highest BCUT2D eigenvalue weighted by atomic mass is 16.3. The van der Waals surface area contributed by atoms with Crippen LogP contribution < -0.4 is 5.73 Å². The van der Waals surface area contributed by atoms with Crippen molar-refractivity contribution in [1.82, 2.24) is 0 Å². The standard InChI is InChI=1S/C11H13NO/c1-2-9-4-3-5-10(8-9)11(13)6-7-12/h1,3-5,8,11,13H,6-7,12H2. The molecular weight excluding hydrogens is 162 g/mol. The molecule has 1 atom stereocenters. The zero-order valence-electron chi connectivity index (χ0n) is 7.40. The average Bonchev–Trinajstić information content (AvgIpc) is 2.18. The topological polar surface area (TPSA) is 46.2 Å². The molecule has 1 rings (SSSR count). The summed E-state index contributed by atoms with van der Waals surface area (Å²) in [6.45, 7) is 0.474. The summed E-state index contributed by atoms with van der Waals surface area (Å²) < 4.78 is 0. The van der Waals surface area contributed by atoms with Crippen molar-refractivity contribution in [3.05, 3.63) is 35.4 Å². The van der Waals surface area contributed by atoms with Crippen LogP contribution in [-0.2, 0) is 0 Å². The van der Waals surface area contributed by atoms with Crippen LogP contribution in [0.3, 0.4) is 0 Å². The van der Waals surface area contributed by atoms with Gasteiger partial charge in [0, 0.05) is 5.56 Å². The fraction of sp³-hybridized carbons (Fsp3) is 0.273. The molecule has 3 N–H and O–H groups in total. The lowest BCUT2D eigenvalue weighted by molar-refractivity contribution is 0.170. The fourth-order valence-electron chi connectivity index (χ4n) is 1.16. The molecule has 0 saturated carbocycles. The molecule has 0 spiro atoms. The third-order valence-corrected chi connectivity index (χ3v) is 1.88. The first-order chi connectivity index (χ1) is 6.27. The highest BCUT2D eigenvalue weighted by Gasteiger charge is 2.05. The second-order valence-electron chi connectivity index (χ2n) is 2.86. The first kappa shape index (κ1) is 9.79. The van der Waals surface area contributed by atoms with Crippen LogP contribution in [0.1, 0.15) is 23.7 Å². The maximum Gasteiger partial charge on any atom is 0.0802 e. The van der Waals surface area contributed by atoms with Crippen molar-refractivity contribution in [3.8, 4) is 12.3 Å². The summed E-state index contributed by atoms with van der Waals surface area (Å²) in [5, 5.41) is 9.59.